The summed E-state index contributed by atoms with van der Waals surface area (Å²) in [6.07, 6.45) is 6.85. The highest BCUT2D eigenvalue weighted by Gasteiger charge is 2.29. The summed E-state index contributed by atoms with van der Waals surface area (Å²) in [4.78, 5) is 0.453. The number of benzene rings is 1. The van der Waals surface area contributed by atoms with Crippen LogP contribution in [0.1, 0.15) is 47.7 Å². The highest BCUT2D eigenvalue weighted by molar-refractivity contribution is 9.09. The first-order chi connectivity index (χ1) is 8.74. The van der Waals surface area contributed by atoms with E-state index in [1.807, 2.05) is 0 Å². The van der Waals surface area contributed by atoms with Crippen molar-refractivity contribution in [2.75, 3.05) is 6.61 Å². The van der Waals surface area contributed by atoms with Crippen molar-refractivity contribution in [2.45, 2.75) is 50.0 Å². The molecular formula is C16H21BrO. The van der Waals surface area contributed by atoms with Crippen molar-refractivity contribution in [2.24, 2.45) is 5.92 Å². The Morgan fingerprint density at radius 3 is 2.72 bits per heavy atom. The molecule has 1 saturated heterocycles. The minimum Gasteiger partial charge on any atom is -0.378 e. The fraction of sp³-hybridized carbons (Fsp3) is 0.625. The first-order valence-corrected chi connectivity index (χ1v) is 8.03. The zero-order valence-corrected chi connectivity index (χ0v) is 12.6. The molecule has 0 amide bonds. The van der Waals surface area contributed by atoms with Gasteiger partial charge >= 0.3 is 0 Å². The molecule has 1 fully saturated rings. The second kappa shape index (κ2) is 5.34. The molecule has 1 aliphatic heterocycles. The molecule has 1 aromatic carbocycles. The van der Waals surface area contributed by atoms with Crippen LogP contribution in [0, 0.1) is 5.92 Å². The van der Waals surface area contributed by atoms with Gasteiger partial charge in [-0.1, -0.05) is 34.1 Å². The van der Waals surface area contributed by atoms with Crippen molar-refractivity contribution in [3.8, 4) is 0 Å². The number of hydrogen-bond acceptors (Lipinski definition) is 1. The van der Waals surface area contributed by atoms with E-state index in [1.54, 1.807) is 11.1 Å². The van der Waals surface area contributed by atoms with Crippen molar-refractivity contribution in [1.82, 2.24) is 0 Å². The number of aryl methyl sites for hydroxylation is 2. The molecule has 0 saturated carbocycles. The predicted octanol–water partition coefficient (Wildman–Crippen LogP) is 4.43. The molecule has 3 unspecified atom stereocenters. The molecule has 1 aromatic rings. The Labute approximate surface area is 118 Å². The van der Waals surface area contributed by atoms with Crippen LogP contribution in [0.2, 0.25) is 0 Å². The Kier molecular flexibility index (Phi) is 3.76. The molecule has 0 N–H and O–H groups in total. The molecule has 2 aliphatic rings. The van der Waals surface area contributed by atoms with E-state index >= 15 is 0 Å². The van der Waals surface area contributed by atoms with E-state index in [1.165, 1.54) is 37.7 Å². The predicted molar refractivity (Wildman–Crippen MR) is 78.3 cm³/mol. The van der Waals surface area contributed by atoms with E-state index in [4.69, 9.17) is 4.74 Å². The van der Waals surface area contributed by atoms with E-state index in [9.17, 15) is 0 Å². The van der Waals surface area contributed by atoms with Crippen LogP contribution in [0.15, 0.2) is 18.2 Å². The normalized spacial score (nSPS) is 29.0. The number of rotatable bonds is 2. The fourth-order valence-electron chi connectivity index (χ4n) is 3.25. The van der Waals surface area contributed by atoms with Gasteiger partial charge in [0.15, 0.2) is 0 Å². The largest absolute Gasteiger partial charge is 0.378 e. The van der Waals surface area contributed by atoms with E-state index < -0.39 is 0 Å². The smallest absolute Gasteiger partial charge is 0.0551 e. The van der Waals surface area contributed by atoms with Gasteiger partial charge < -0.3 is 4.74 Å². The quantitative estimate of drug-likeness (QED) is 0.735. The molecule has 3 rings (SSSR count). The fourth-order valence-corrected chi connectivity index (χ4v) is 3.90. The van der Waals surface area contributed by atoms with Gasteiger partial charge in [-0.15, -0.1) is 0 Å². The van der Waals surface area contributed by atoms with Crippen LogP contribution in [0.25, 0.3) is 0 Å². The third kappa shape index (κ3) is 2.50. The standard InChI is InChI=1S/C16H21BrO/c1-11-8-15(10-18-11)16(17)14-7-6-12-4-2-3-5-13(12)9-14/h6-7,9,11,15-16H,2-5,8,10H2,1H3. The lowest BCUT2D eigenvalue weighted by Crippen LogP contribution is -2.10. The highest BCUT2D eigenvalue weighted by Crippen LogP contribution is 2.39. The summed E-state index contributed by atoms with van der Waals surface area (Å²) in [5.41, 5.74) is 4.59. The summed E-state index contributed by atoms with van der Waals surface area (Å²) in [6, 6.07) is 7.08. The molecule has 3 atom stereocenters. The lowest BCUT2D eigenvalue weighted by Gasteiger charge is -2.21. The number of halogens is 1. The van der Waals surface area contributed by atoms with Gasteiger partial charge in [0.1, 0.15) is 0 Å². The first kappa shape index (κ1) is 12.7. The Balaban J connectivity index is 1.79. The molecule has 98 valence electrons. The summed E-state index contributed by atoms with van der Waals surface area (Å²) in [7, 11) is 0. The van der Waals surface area contributed by atoms with Crippen LogP contribution >= 0.6 is 15.9 Å². The zero-order valence-electron chi connectivity index (χ0n) is 11.0. The van der Waals surface area contributed by atoms with Gasteiger partial charge in [-0.05, 0) is 55.7 Å². The molecular weight excluding hydrogens is 288 g/mol. The van der Waals surface area contributed by atoms with Gasteiger partial charge in [-0.3, -0.25) is 0 Å². The van der Waals surface area contributed by atoms with Crippen LogP contribution in [-0.2, 0) is 17.6 Å². The summed E-state index contributed by atoms with van der Waals surface area (Å²) < 4.78 is 5.69. The number of alkyl halides is 1. The van der Waals surface area contributed by atoms with Gasteiger partial charge in [0, 0.05) is 10.7 Å². The second-order valence-electron chi connectivity index (χ2n) is 5.78. The van der Waals surface area contributed by atoms with E-state index in [0.29, 0.717) is 16.8 Å². The van der Waals surface area contributed by atoms with Gasteiger partial charge in [0.05, 0.1) is 12.7 Å². The maximum absolute atomic E-state index is 5.69. The Hall–Kier alpha value is -0.340. The minimum atomic E-state index is 0.424. The van der Waals surface area contributed by atoms with Crippen LogP contribution < -0.4 is 0 Å². The van der Waals surface area contributed by atoms with Crippen LogP contribution in [-0.4, -0.2) is 12.7 Å². The van der Waals surface area contributed by atoms with E-state index in [-0.39, 0.29) is 0 Å². The SMILES string of the molecule is CC1CC(C(Br)c2ccc3c(c2)CCCC3)CO1. The Morgan fingerprint density at radius 1 is 1.22 bits per heavy atom. The summed E-state index contributed by atoms with van der Waals surface area (Å²) >= 11 is 3.89. The van der Waals surface area contributed by atoms with Crippen LogP contribution in [0.4, 0.5) is 0 Å². The molecule has 0 bridgehead atoms. The third-order valence-corrected chi connectivity index (χ3v) is 5.61. The third-order valence-electron chi connectivity index (χ3n) is 4.33. The van der Waals surface area contributed by atoms with Gasteiger partial charge in [0.25, 0.3) is 0 Å². The maximum atomic E-state index is 5.69. The summed E-state index contributed by atoms with van der Waals surface area (Å²) in [5.74, 6) is 0.627. The number of hydrogen-bond donors (Lipinski definition) is 0. The summed E-state index contributed by atoms with van der Waals surface area (Å²) in [6.45, 7) is 3.07. The first-order valence-electron chi connectivity index (χ1n) is 7.11. The van der Waals surface area contributed by atoms with Crippen molar-refractivity contribution in [1.29, 1.82) is 0 Å². The molecule has 2 heteroatoms. The summed E-state index contributed by atoms with van der Waals surface area (Å²) in [5, 5.41) is 0. The maximum Gasteiger partial charge on any atom is 0.0551 e. The van der Waals surface area contributed by atoms with Gasteiger partial charge in [-0.2, -0.15) is 0 Å². The topological polar surface area (TPSA) is 9.23 Å². The van der Waals surface area contributed by atoms with Crippen molar-refractivity contribution < 1.29 is 4.74 Å². The van der Waals surface area contributed by atoms with Crippen LogP contribution in [0.5, 0.6) is 0 Å². The molecule has 1 aliphatic carbocycles. The van der Waals surface area contributed by atoms with Crippen LogP contribution in [0.3, 0.4) is 0 Å². The monoisotopic (exact) mass is 308 g/mol. The lowest BCUT2D eigenvalue weighted by atomic mass is 9.88. The van der Waals surface area contributed by atoms with E-state index in [2.05, 4.69) is 41.1 Å². The molecule has 0 radical (unpaired) electrons. The van der Waals surface area contributed by atoms with Crippen molar-refractivity contribution in [3.05, 3.63) is 34.9 Å². The van der Waals surface area contributed by atoms with E-state index in [0.717, 1.165) is 6.61 Å². The van der Waals surface area contributed by atoms with Gasteiger partial charge in [-0.25, -0.2) is 0 Å². The van der Waals surface area contributed by atoms with Gasteiger partial charge in [0.2, 0.25) is 0 Å². The average Bonchev–Trinajstić information content (AvgIpc) is 2.84. The van der Waals surface area contributed by atoms with Crippen molar-refractivity contribution >= 4 is 15.9 Å². The Bertz CT molecular complexity index is 429. The van der Waals surface area contributed by atoms with Crippen molar-refractivity contribution in [3.63, 3.8) is 0 Å². The highest BCUT2D eigenvalue weighted by atomic mass is 79.9. The minimum absolute atomic E-state index is 0.424. The number of fused-ring (bicyclic) bond motifs is 1. The molecule has 1 nitrogen and oxygen atoms in total. The molecule has 0 aromatic heterocycles. The number of ether oxygens (including phenoxy) is 1. The lowest BCUT2D eigenvalue weighted by molar-refractivity contribution is 0.120. The molecule has 0 spiro atoms. The molecule has 1 heterocycles. The Morgan fingerprint density at radius 2 is 2.00 bits per heavy atom. The molecule has 18 heavy (non-hydrogen) atoms. The zero-order chi connectivity index (χ0) is 12.5. The average molecular weight is 309 g/mol. The second-order valence-corrected chi connectivity index (χ2v) is 6.76.